The number of hydrogen-bond acceptors (Lipinski definition) is 0. The fourth-order valence-corrected chi connectivity index (χ4v) is 6.48. The minimum atomic E-state index is -2.92. The lowest BCUT2D eigenvalue weighted by Crippen LogP contribution is -2.16. The molecule has 0 unspecified atom stereocenters. The third-order valence-electron chi connectivity index (χ3n) is 9.63. The third kappa shape index (κ3) is 7.43. The number of alkyl halides is 2. The minimum Gasteiger partial charge on any atom is -0.196 e. The first-order valence-corrected chi connectivity index (χ1v) is 16.5. The fourth-order valence-electron chi connectivity index (χ4n) is 6.48. The predicted molar refractivity (Wildman–Crippen MR) is 202 cm³/mol. The zero-order chi connectivity index (χ0) is 33.3. The highest BCUT2D eigenvalue weighted by atomic mass is 19.3. The number of aryl methyl sites for hydroxylation is 2. The molecule has 0 saturated carbocycles. The van der Waals surface area contributed by atoms with Crippen molar-refractivity contribution in [3.8, 4) is 22.3 Å². The highest BCUT2D eigenvalue weighted by Crippen LogP contribution is 2.52. The van der Waals surface area contributed by atoms with Crippen molar-refractivity contribution >= 4 is 0 Å². The van der Waals surface area contributed by atoms with Crippen LogP contribution >= 0.6 is 0 Å². The van der Waals surface area contributed by atoms with Gasteiger partial charge in [0.25, 0.3) is 5.92 Å². The van der Waals surface area contributed by atoms with E-state index in [4.69, 9.17) is 0 Å². The van der Waals surface area contributed by atoms with Crippen LogP contribution in [0.15, 0.2) is 72.8 Å². The highest BCUT2D eigenvalue weighted by molar-refractivity contribution is 5.80. The summed E-state index contributed by atoms with van der Waals surface area (Å²) >= 11 is 0. The van der Waals surface area contributed by atoms with E-state index in [2.05, 4.69) is 77.9 Å². The molecule has 0 saturated heterocycles. The zero-order valence-electron chi connectivity index (χ0n) is 29.6. The van der Waals surface area contributed by atoms with E-state index in [9.17, 15) is 0 Å². The smallest absolute Gasteiger partial charge is 0.196 e. The first kappa shape index (κ1) is 38.2. The minimum absolute atomic E-state index is 0. The van der Waals surface area contributed by atoms with Crippen molar-refractivity contribution in [3.63, 3.8) is 0 Å². The van der Waals surface area contributed by atoms with Crippen molar-refractivity contribution in [1.29, 1.82) is 0 Å². The molecular formula is C45H60F2. The van der Waals surface area contributed by atoms with Crippen LogP contribution < -0.4 is 0 Å². The van der Waals surface area contributed by atoms with Gasteiger partial charge in [-0.05, 0) is 102 Å². The van der Waals surface area contributed by atoms with Gasteiger partial charge >= 0.3 is 0 Å². The lowest BCUT2D eigenvalue weighted by molar-refractivity contribution is 0.0477. The maximum atomic E-state index is 15.1. The normalized spacial score (nSPS) is 14.7. The van der Waals surface area contributed by atoms with Gasteiger partial charge in [-0.15, -0.1) is 0 Å². The summed E-state index contributed by atoms with van der Waals surface area (Å²) in [6.07, 6.45) is 2.33. The first-order chi connectivity index (χ1) is 20.6. The van der Waals surface area contributed by atoms with Gasteiger partial charge in [0, 0.05) is 11.1 Å². The quantitative estimate of drug-likeness (QED) is 0.180. The van der Waals surface area contributed by atoms with E-state index in [0.29, 0.717) is 11.1 Å². The molecule has 0 N–H and O–H groups in total. The van der Waals surface area contributed by atoms with E-state index in [1.807, 2.05) is 65.8 Å². The van der Waals surface area contributed by atoms with Crippen molar-refractivity contribution in [2.24, 2.45) is 0 Å². The molecule has 0 bridgehead atoms. The molecule has 0 heterocycles. The van der Waals surface area contributed by atoms with Gasteiger partial charge in [-0.3, -0.25) is 0 Å². The van der Waals surface area contributed by atoms with E-state index < -0.39 is 5.92 Å². The van der Waals surface area contributed by atoms with Crippen LogP contribution in [0.1, 0.15) is 142 Å². The maximum absolute atomic E-state index is 15.1. The summed E-state index contributed by atoms with van der Waals surface area (Å²) < 4.78 is 30.1. The van der Waals surface area contributed by atoms with Crippen molar-refractivity contribution in [2.75, 3.05) is 0 Å². The Labute approximate surface area is 286 Å². The monoisotopic (exact) mass is 638 g/mol. The van der Waals surface area contributed by atoms with Gasteiger partial charge in [0.2, 0.25) is 0 Å². The molecule has 47 heavy (non-hydrogen) atoms. The number of rotatable bonds is 0. The molecule has 4 aromatic carbocycles. The van der Waals surface area contributed by atoms with Gasteiger partial charge in [-0.1, -0.05) is 159 Å². The Bertz CT molecular complexity index is 1610. The summed E-state index contributed by atoms with van der Waals surface area (Å²) in [5.41, 5.74) is 12.5. The van der Waals surface area contributed by atoms with Crippen molar-refractivity contribution in [1.82, 2.24) is 0 Å². The number of benzene rings is 4. The second-order valence-electron chi connectivity index (χ2n) is 17.3. The number of hydrogen-bond donors (Lipinski definition) is 0. The molecule has 2 aliphatic rings. The van der Waals surface area contributed by atoms with Gasteiger partial charge in [-0.25, -0.2) is 0 Å². The van der Waals surface area contributed by atoms with Crippen molar-refractivity contribution in [2.45, 2.75) is 138 Å². The molecule has 0 spiro atoms. The topological polar surface area (TPSA) is 0 Å². The highest BCUT2D eigenvalue weighted by Gasteiger charge is 2.45. The molecule has 0 fully saturated rings. The number of halogens is 2. The Morgan fingerprint density at radius 3 is 0.936 bits per heavy atom. The Hall–Kier alpha value is -3.26. The Morgan fingerprint density at radius 2 is 0.660 bits per heavy atom. The van der Waals surface area contributed by atoms with E-state index in [1.54, 1.807) is 12.1 Å². The largest absolute Gasteiger partial charge is 0.299 e. The Morgan fingerprint density at radius 1 is 0.404 bits per heavy atom. The Balaban J connectivity index is 0.000000245. The standard InChI is InChI=1S/C22H28.C21H24F2.2CH4/c1-21(2,3)17-9-11-19-15(13-17)7-8-16-14-18(22(4,5)6)10-12-20(16)19;1-19(2,3)13-7-9-15-16-10-8-14(20(4,5)6)12-18(16)21(22,23)17(15)11-13;;/h9-14H,7-8H2,1-6H3;7-12H,1-6H3;2*1H4. The van der Waals surface area contributed by atoms with Crippen LogP contribution in [-0.2, 0) is 40.4 Å². The molecule has 0 aromatic heterocycles. The molecule has 6 rings (SSSR count). The van der Waals surface area contributed by atoms with E-state index in [0.717, 1.165) is 11.1 Å². The van der Waals surface area contributed by atoms with Crippen molar-refractivity contribution < 1.29 is 8.78 Å². The average Bonchev–Trinajstić information content (AvgIpc) is 3.16. The predicted octanol–water partition coefficient (Wildman–Crippen LogP) is 13.7. The molecule has 254 valence electrons. The van der Waals surface area contributed by atoms with E-state index in [-0.39, 0.29) is 47.6 Å². The van der Waals surface area contributed by atoms with Gasteiger partial charge in [0.15, 0.2) is 0 Å². The van der Waals surface area contributed by atoms with Gasteiger partial charge < -0.3 is 0 Å². The van der Waals surface area contributed by atoms with Crippen LogP contribution in [0.4, 0.5) is 8.78 Å². The average molecular weight is 639 g/mol. The number of fused-ring (bicyclic) bond motifs is 6. The second-order valence-corrected chi connectivity index (χ2v) is 17.3. The molecule has 0 nitrogen and oxygen atoms in total. The summed E-state index contributed by atoms with van der Waals surface area (Å²) in [5, 5.41) is 0. The summed E-state index contributed by atoms with van der Waals surface area (Å²) in [4.78, 5) is 0. The van der Waals surface area contributed by atoms with Crippen LogP contribution in [0.25, 0.3) is 22.3 Å². The maximum Gasteiger partial charge on any atom is 0.299 e. The first-order valence-electron chi connectivity index (χ1n) is 16.5. The van der Waals surface area contributed by atoms with E-state index >= 15 is 8.78 Å². The second kappa shape index (κ2) is 12.6. The summed E-state index contributed by atoms with van der Waals surface area (Å²) in [7, 11) is 0. The van der Waals surface area contributed by atoms with Crippen LogP contribution in [0.2, 0.25) is 0 Å². The van der Waals surface area contributed by atoms with Crippen LogP contribution in [0, 0.1) is 0 Å². The van der Waals surface area contributed by atoms with Crippen molar-refractivity contribution in [3.05, 3.63) is 117 Å². The molecule has 4 aromatic rings. The van der Waals surface area contributed by atoms with Gasteiger partial charge in [-0.2, -0.15) is 8.78 Å². The summed E-state index contributed by atoms with van der Waals surface area (Å²) in [6.45, 7) is 26.0. The lowest BCUT2D eigenvalue weighted by Gasteiger charge is -2.27. The van der Waals surface area contributed by atoms with Gasteiger partial charge in [0.1, 0.15) is 0 Å². The molecular weight excluding hydrogens is 578 g/mol. The van der Waals surface area contributed by atoms with Crippen LogP contribution in [0.5, 0.6) is 0 Å². The molecule has 0 atom stereocenters. The molecule has 0 radical (unpaired) electrons. The van der Waals surface area contributed by atoms with Crippen LogP contribution in [-0.4, -0.2) is 0 Å². The lowest BCUT2D eigenvalue weighted by atomic mass is 9.78. The van der Waals surface area contributed by atoms with Crippen LogP contribution in [0.3, 0.4) is 0 Å². The fraction of sp³-hybridized carbons (Fsp3) is 0.467. The molecule has 2 heteroatoms. The zero-order valence-corrected chi connectivity index (χ0v) is 29.6. The molecule has 2 aliphatic carbocycles. The Kier molecular flexibility index (Phi) is 10.3. The summed E-state index contributed by atoms with van der Waals surface area (Å²) in [6, 6.07) is 25.2. The van der Waals surface area contributed by atoms with E-state index in [1.165, 1.54) is 46.2 Å². The van der Waals surface area contributed by atoms with Gasteiger partial charge in [0.05, 0.1) is 0 Å². The third-order valence-corrected chi connectivity index (χ3v) is 9.63. The molecule has 0 aliphatic heterocycles. The summed E-state index contributed by atoms with van der Waals surface area (Å²) in [5.74, 6) is -2.92. The SMILES string of the molecule is C.C.CC(C)(C)c1ccc2c(c1)C(F)(F)c1cc(C(C)(C)C)ccc1-2.CC(C)(C)c1ccc2c(c1)CCc1cc(C(C)(C)C)ccc1-2. The molecule has 0 amide bonds.